The highest BCUT2D eigenvalue weighted by Crippen LogP contribution is 2.33. The summed E-state index contributed by atoms with van der Waals surface area (Å²) in [6.45, 7) is 2.31. The van der Waals surface area contributed by atoms with E-state index in [1.54, 1.807) is 6.92 Å². The van der Waals surface area contributed by atoms with E-state index in [4.69, 9.17) is 10.00 Å². The number of unbranched alkanes of at least 4 members (excludes halogenated alkanes) is 2. The Kier molecular flexibility index (Phi) is 4.97. The molecular weight excluding hydrogens is 250 g/mol. The van der Waals surface area contributed by atoms with Gasteiger partial charge in [-0.3, -0.25) is 0 Å². The summed E-state index contributed by atoms with van der Waals surface area (Å²) < 4.78 is 5.89. The molecule has 0 amide bonds. The first-order chi connectivity index (χ1) is 9.74. The molecule has 0 spiro atoms. The van der Waals surface area contributed by atoms with Crippen LogP contribution in [0.2, 0.25) is 0 Å². The molecule has 0 radical (unpaired) electrons. The van der Waals surface area contributed by atoms with Gasteiger partial charge in [-0.05, 0) is 25.2 Å². The van der Waals surface area contributed by atoms with Crippen LogP contribution in [0, 0.1) is 11.3 Å². The minimum atomic E-state index is -0.561. The maximum Gasteiger partial charge on any atom is 0.132 e. The van der Waals surface area contributed by atoms with E-state index in [0.717, 1.165) is 34.9 Å². The Bertz CT molecular complexity index is 614. The first kappa shape index (κ1) is 14.4. The van der Waals surface area contributed by atoms with Crippen molar-refractivity contribution in [2.24, 2.45) is 0 Å². The zero-order chi connectivity index (χ0) is 14.4. The molecule has 0 aliphatic heterocycles. The molecule has 1 N–H and O–H groups in total. The van der Waals surface area contributed by atoms with Crippen molar-refractivity contribution >= 4 is 10.8 Å². The zero-order valence-corrected chi connectivity index (χ0v) is 11.7. The number of hydrogen-bond acceptors (Lipinski definition) is 3. The van der Waals surface area contributed by atoms with Crippen LogP contribution in [0.3, 0.4) is 0 Å². The summed E-state index contributed by atoms with van der Waals surface area (Å²) in [5.41, 5.74) is 0.809. The fraction of sp³-hybridized carbons (Fsp3) is 0.353. The number of aliphatic hydroxyl groups is 1. The van der Waals surface area contributed by atoms with Crippen LogP contribution in [0.5, 0.6) is 5.75 Å². The second-order valence-electron chi connectivity index (χ2n) is 4.84. The molecule has 2 rings (SSSR count). The van der Waals surface area contributed by atoms with Gasteiger partial charge in [-0.1, -0.05) is 36.4 Å². The van der Waals surface area contributed by atoms with Crippen molar-refractivity contribution in [1.82, 2.24) is 0 Å². The average Bonchev–Trinajstić information content (AvgIpc) is 2.46. The van der Waals surface area contributed by atoms with Crippen LogP contribution < -0.4 is 4.74 Å². The normalized spacial score (nSPS) is 12.1. The van der Waals surface area contributed by atoms with E-state index in [9.17, 15) is 5.11 Å². The summed E-state index contributed by atoms with van der Waals surface area (Å²) in [4.78, 5) is 0. The number of aliphatic hydroxyl groups excluding tert-OH is 1. The monoisotopic (exact) mass is 269 g/mol. The molecule has 0 aliphatic carbocycles. The summed E-state index contributed by atoms with van der Waals surface area (Å²) in [6, 6.07) is 14.0. The van der Waals surface area contributed by atoms with E-state index in [0.29, 0.717) is 13.0 Å². The topological polar surface area (TPSA) is 53.2 Å². The fourth-order valence-electron chi connectivity index (χ4n) is 2.23. The van der Waals surface area contributed by atoms with E-state index in [-0.39, 0.29) is 0 Å². The van der Waals surface area contributed by atoms with Gasteiger partial charge in [0.2, 0.25) is 0 Å². The van der Waals surface area contributed by atoms with Gasteiger partial charge in [-0.25, -0.2) is 0 Å². The van der Waals surface area contributed by atoms with E-state index in [1.807, 2.05) is 36.4 Å². The molecule has 2 aromatic carbocycles. The van der Waals surface area contributed by atoms with Gasteiger partial charge in [0, 0.05) is 17.4 Å². The number of nitriles is 1. The Morgan fingerprint density at radius 2 is 2.00 bits per heavy atom. The summed E-state index contributed by atoms with van der Waals surface area (Å²) in [7, 11) is 0. The van der Waals surface area contributed by atoms with Gasteiger partial charge >= 0.3 is 0 Å². The Morgan fingerprint density at radius 3 is 2.75 bits per heavy atom. The lowest BCUT2D eigenvalue weighted by atomic mass is 10.0. The van der Waals surface area contributed by atoms with E-state index < -0.39 is 6.10 Å². The van der Waals surface area contributed by atoms with Crippen molar-refractivity contribution < 1.29 is 9.84 Å². The minimum Gasteiger partial charge on any atom is -0.493 e. The third-order valence-electron chi connectivity index (χ3n) is 3.29. The SMILES string of the molecule is CC(O)c1ccc2ccccc2c1OCCCCC#N. The van der Waals surface area contributed by atoms with Gasteiger partial charge in [0.25, 0.3) is 0 Å². The smallest absolute Gasteiger partial charge is 0.132 e. The summed E-state index contributed by atoms with van der Waals surface area (Å²) in [6.07, 6.45) is 1.68. The van der Waals surface area contributed by atoms with Crippen LogP contribution in [-0.4, -0.2) is 11.7 Å². The third kappa shape index (κ3) is 3.28. The molecule has 0 fully saturated rings. The maximum atomic E-state index is 9.88. The number of fused-ring (bicyclic) bond motifs is 1. The molecule has 0 saturated heterocycles. The van der Waals surface area contributed by atoms with Crippen LogP contribution in [0.1, 0.15) is 37.9 Å². The number of benzene rings is 2. The highest BCUT2D eigenvalue weighted by molar-refractivity contribution is 5.89. The molecule has 1 atom stereocenters. The molecule has 3 heteroatoms. The largest absolute Gasteiger partial charge is 0.493 e. The molecule has 104 valence electrons. The van der Waals surface area contributed by atoms with Gasteiger partial charge < -0.3 is 9.84 Å². The van der Waals surface area contributed by atoms with Crippen LogP contribution in [0.4, 0.5) is 0 Å². The molecule has 0 saturated carbocycles. The molecule has 1 unspecified atom stereocenters. The van der Waals surface area contributed by atoms with Crippen molar-refractivity contribution in [1.29, 1.82) is 5.26 Å². The summed E-state index contributed by atoms with van der Waals surface area (Å²) in [5.74, 6) is 0.759. The molecule has 3 nitrogen and oxygen atoms in total. The second kappa shape index (κ2) is 6.93. The fourth-order valence-corrected chi connectivity index (χ4v) is 2.23. The lowest BCUT2D eigenvalue weighted by Gasteiger charge is -2.16. The van der Waals surface area contributed by atoms with Crippen molar-refractivity contribution in [2.75, 3.05) is 6.61 Å². The van der Waals surface area contributed by atoms with Crippen LogP contribution in [-0.2, 0) is 0 Å². The Hall–Kier alpha value is -2.05. The van der Waals surface area contributed by atoms with Gasteiger partial charge in [0.1, 0.15) is 5.75 Å². The van der Waals surface area contributed by atoms with Gasteiger partial charge in [0.15, 0.2) is 0 Å². The van der Waals surface area contributed by atoms with E-state index >= 15 is 0 Å². The zero-order valence-electron chi connectivity index (χ0n) is 11.7. The van der Waals surface area contributed by atoms with E-state index in [1.165, 1.54) is 0 Å². The second-order valence-corrected chi connectivity index (χ2v) is 4.84. The molecule has 20 heavy (non-hydrogen) atoms. The van der Waals surface area contributed by atoms with Crippen molar-refractivity contribution in [2.45, 2.75) is 32.3 Å². The number of hydrogen-bond donors (Lipinski definition) is 1. The van der Waals surface area contributed by atoms with Crippen LogP contribution in [0.25, 0.3) is 10.8 Å². The number of rotatable bonds is 6. The predicted octanol–water partition coefficient (Wildman–Crippen LogP) is 3.97. The van der Waals surface area contributed by atoms with E-state index in [2.05, 4.69) is 6.07 Å². The first-order valence-electron chi connectivity index (χ1n) is 6.93. The number of nitrogens with zero attached hydrogens (tertiary/aromatic N) is 1. The third-order valence-corrected chi connectivity index (χ3v) is 3.29. The lowest BCUT2D eigenvalue weighted by Crippen LogP contribution is -2.03. The van der Waals surface area contributed by atoms with Crippen molar-refractivity contribution in [3.63, 3.8) is 0 Å². The van der Waals surface area contributed by atoms with Gasteiger partial charge in [-0.15, -0.1) is 0 Å². The number of ether oxygens (including phenoxy) is 1. The molecule has 0 bridgehead atoms. The quantitative estimate of drug-likeness (QED) is 0.807. The summed E-state index contributed by atoms with van der Waals surface area (Å²) >= 11 is 0. The van der Waals surface area contributed by atoms with Gasteiger partial charge in [-0.2, -0.15) is 5.26 Å². The van der Waals surface area contributed by atoms with Crippen LogP contribution in [0.15, 0.2) is 36.4 Å². The highest BCUT2D eigenvalue weighted by Gasteiger charge is 2.12. The Morgan fingerprint density at radius 1 is 1.20 bits per heavy atom. The molecule has 0 aliphatic rings. The molecular formula is C17H19NO2. The molecule has 0 heterocycles. The standard InChI is InChI=1S/C17H19NO2/c1-13(19)15-10-9-14-7-3-4-8-16(14)17(15)20-12-6-2-5-11-18/h3-4,7-10,13,19H,2,5-6,12H2,1H3. The summed E-state index contributed by atoms with van der Waals surface area (Å²) in [5, 5.41) is 20.5. The maximum absolute atomic E-state index is 9.88. The molecule has 0 aromatic heterocycles. The first-order valence-corrected chi connectivity index (χ1v) is 6.93. The Labute approximate surface area is 119 Å². The lowest BCUT2D eigenvalue weighted by molar-refractivity contribution is 0.191. The molecule has 2 aromatic rings. The highest BCUT2D eigenvalue weighted by atomic mass is 16.5. The average molecular weight is 269 g/mol. The van der Waals surface area contributed by atoms with Gasteiger partial charge in [0.05, 0.1) is 18.8 Å². The predicted molar refractivity (Wildman–Crippen MR) is 79.5 cm³/mol. The van der Waals surface area contributed by atoms with Crippen molar-refractivity contribution in [3.8, 4) is 11.8 Å². The minimum absolute atomic E-state index is 0.558. The Balaban J connectivity index is 2.23. The van der Waals surface area contributed by atoms with Crippen molar-refractivity contribution in [3.05, 3.63) is 42.0 Å². The van der Waals surface area contributed by atoms with Crippen LogP contribution >= 0.6 is 0 Å².